The molecule has 1 saturated heterocycles. The molecule has 0 radical (unpaired) electrons. The molecule has 1 aliphatic rings. The van der Waals surface area contributed by atoms with E-state index in [2.05, 4.69) is 5.32 Å². The van der Waals surface area contributed by atoms with Crippen molar-refractivity contribution in [2.45, 2.75) is 24.8 Å². The number of halogens is 2. The minimum Gasteiger partial charge on any atom is -0.314 e. The Hall–Kier alpha value is -0.690. The number of piperazine rings is 1. The second kappa shape index (κ2) is 5.36. The molecule has 0 bridgehead atoms. The van der Waals surface area contributed by atoms with E-state index in [0.717, 1.165) is 6.07 Å². The summed E-state index contributed by atoms with van der Waals surface area (Å²) in [5, 5.41) is 3.05. The van der Waals surface area contributed by atoms with Gasteiger partial charge in [0, 0.05) is 25.7 Å². The molecule has 0 aromatic heterocycles. The Morgan fingerprint density at radius 1 is 1.47 bits per heavy atom. The summed E-state index contributed by atoms with van der Waals surface area (Å²) in [6, 6.07) is 2.19. The molecule has 19 heavy (non-hydrogen) atoms. The number of nitrogens with one attached hydrogen (secondary N) is 1. The summed E-state index contributed by atoms with van der Waals surface area (Å²) in [5.41, 5.74) is 0.269. The zero-order valence-corrected chi connectivity index (χ0v) is 12.4. The molecule has 1 aliphatic heterocycles. The summed E-state index contributed by atoms with van der Waals surface area (Å²) in [5.74, 6) is -0.502. The van der Waals surface area contributed by atoms with Crippen molar-refractivity contribution < 1.29 is 12.8 Å². The quantitative estimate of drug-likeness (QED) is 0.906. The van der Waals surface area contributed by atoms with Gasteiger partial charge < -0.3 is 5.32 Å². The molecule has 0 aliphatic carbocycles. The van der Waals surface area contributed by atoms with Crippen molar-refractivity contribution in [2.24, 2.45) is 0 Å². The molecule has 4 nitrogen and oxygen atoms in total. The number of aryl methyl sites for hydroxylation is 1. The predicted octanol–water partition coefficient (Wildman–Crippen LogP) is 1.77. The number of nitrogens with zero attached hydrogens (tertiary/aromatic N) is 1. The van der Waals surface area contributed by atoms with E-state index < -0.39 is 15.8 Å². The first-order valence-corrected chi connectivity index (χ1v) is 7.84. The van der Waals surface area contributed by atoms with Crippen molar-refractivity contribution in [3.63, 3.8) is 0 Å². The fraction of sp³-hybridized carbons (Fsp3) is 0.500. The minimum absolute atomic E-state index is 0.0261. The number of sulfonamides is 1. The van der Waals surface area contributed by atoms with E-state index in [9.17, 15) is 12.8 Å². The highest BCUT2D eigenvalue weighted by Gasteiger charge is 2.32. The van der Waals surface area contributed by atoms with Gasteiger partial charge in [-0.2, -0.15) is 4.31 Å². The molecule has 1 N–H and O–H groups in total. The highest BCUT2D eigenvalue weighted by Crippen LogP contribution is 2.28. The second-order valence-corrected chi connectivity index (χ2v) is 6.97. The van der Waals surface area contributed by atoms with Crippen LogP contribution >= 0.6 is 11.6 Å². The normalized spacial score (nSPS) is 21.6. The molecule has 1 unspecified atom stereocenters. The van der Waals surface area contributed by atoms with Gasteiger partial charge in [0.15, 0.2) is 0 Å². The van der Waals surface area contributed by atoms with Crippen LogP contribution in [0.15, 0.2) is 17.0 Å². The summed E-state index contributed by atoms with van der Waals surface area (Å²) in [4.78, 5) is -0.0261. The Balaban J connectivity index is 2.47. The third-order valence-corrected chi connectivity index (χ3v) is 5.72. The Labute approximate surface area is 117 Å². The molecule has 7 heteroatoms. The van der Waals surface area contributed by atoms with E-state index in [1.165, 1.54) is 17.3 Å². The van der Waals surface area contributed by atoms with Crippen LogP contribution in [0.1, 0.15) is 12.5 Å². The van der Waals surface area contributed by atoms with E-state index in [-0.39, 0.29) is 21.5 Å². The average Bonchev–Trinajstić information content (AvgIpc) is 2.34. The van der Waals surface area contributed by atoms with Crippen LogP contribution < -0.4 is 5.32 Å². The van der Waals surface area contributed by atoms with Gasteiger partial charge in [-0.05, 0) is 31.5 Å². The predicted molar refractivity (Wildman–Crippen MR) is 72.4 cm³/mol. The van der Waals surface area contributed by atoms with Gasteiger partial charge in [-0.15, -0.1) is 0 Å². The molecule has 1 heterocycles. The number of rotatable bonds is 2. The van der Waals surface area contributed by atoms with E-state index in [1.54, 1.807) is 0 Å². The van der Waals surface area contributed by atoms with Crippen molar-refractivity contribution in [1.29, 1.82) is 0 Å². The third kappa shape index (κ3) is 2.76. The lowest BCUT2D eigenvalue weighted by Gasteiger charge is -2.33. The first kappa shape index (κ1) is 14.7. The van der Waals surface area contributed by atoms with Crippen molar-refractivity contribution >= 4 is 21.6 Å². The zero-order chi connectivity index (χ0) is 14.2. The summed E-state index contributed by atoms with van der Waals surface area (Å²) in [6.07, 6.45) is 0. The maximum Gasteiger partial charge on any atom is 0.244 e. The van der Waals surface area contributed by atoms with E-state index in [0.29, 0.717) is 19.6 Å². The lowest BCUT2D eigenvalue weighted by Crippen LogP contribution is -2.52. The Kier molecular flexibility index (Phi) is 4.15. The van der Waals surface area contributed by atoms with Crippen molar-refractivity contribution in [3.05, 3.63) is 28.5 Å². The molecule has 1 aromatic carbocycles. The fourth-order valence-electron chi connectivity index (χ4n) is 2.13. The lowest BCUT2D eigenvalue weighted by atomic mass is 10.2. The SMILES string of the molecule is Cc1cc(S(=O)(=O)N2CCNCC2C)c(Cl)cc1F. The Bertz CT molecular complexity index is 592. The third-order valence-electron chi connectivity index (χ3n) is 3.24. The molecular weight excluding hydrogens is 291 g/mol. The minimum atomic E-state index is -3.69. The monoisotopic (exact) mass is 306 g/mol. The number of hydrogen-bond acceptors (Lipinski definition) is 3. The summed E-state index contributed by atoms with van der Waals surface area (Å²) in [7, 11) is -3.69. The van der Waals surface area contributed by atoms with Crippen LogP contribution in [0.2, 0.25) is 5.02 Å². The summed E-state index contributed by atoms with van der Waals surface area (Å²) in [6.45, 7) is 4.93. The first-order valence-electron chi connectivity index (χ1n) is 6.02. The Morgan fingerprint density at radius 3 is 2.79 bits per heavy atom. The van der Waals surface area contributed by atoms with Crippen LogP contribution in [0.5, 0.6) is 0 Å². The van der Waals surface area contributed by atoms with E-state index in [4.69, 9.17) is 11.6 Å². The fourth-order valence-corrected chi connectivity index (χ4v) is 4.34. The van der Waals surface area contributed by atoms with Gasteiger partial charge >= 0.3 is 0 Å². The molecule has 2 rings (SSSR count). The largest absolute Gasteiger partial charge is 0.314 e. The van der Waals surface area contributed by atoms with Gasteiger partial charge in [-0.25, -0.2) is 12.8 Å². The zero-order valence-electron chi connectivity index (χ0n) is 10.8. The van der Waals surface area contributed by atoms with Crippen LogP contribution in [0.25, 0.3) is 0 Å². The molecule has 106 valence electrons. The highest BCUT2D eigenvalue weighted by molar-refractivity contribution is 7.89. The molecule has 0 amide bonds. The summed E-state index contributed by atoms with van der Waals surface area (Å²) >= 11 is 5.89. The maximum atomic E-state index is 13.4. The van der Waals surface area contributed by atoms with Crippen LogP contribution in [0.3, 0.4) is 0 Å². The standard InChI is InChI=1S/C12H16ClFN2O2S/c1-8-5-12(10(13)6-11(8)14)19(17,18)16-4-3-15-7-9(16)2/h5-6,9,15H,3-4,7H2,1-2H3. The maximum absolute atomic E-state index is 13.4. The molecular formula is C12H16ClFN2O2S. The number of benzene rings is 1. The smallest absolute Gasteiger partial charge is 0.244 e. The van der Waals surface area contributed by atoms with E-state index >= 15 is 0 Å². The average molecular weight is 307 g/mol. The van der Waals surface area contributed by atoms with Gasteiger partial charge in [0.05, 0.1) is 5.02 Å². The molecule has 1 fully saturated rings. The van der Waals surface area contributed by atoms with Gasteiger partial charge in [0.25, 0.3) is 0 Å². The highest BCUT2D eigenvalue weighted by atomic mass is 35.5. The van der Waals surface area contributed by atoms with Crippen LogP contribution in [-0.4, -0.2) is 38.4 Å². The second-order valence-electron chi connectivity index (χ2n) is 4.70. The van der Waals surface area contributed by atoms with Gasteiger partial charge in [0.2, 0.25) is 10.0 Å². The van der Waals surface area contributed by atoms with Crippen LogP contribution in [0.4, 0.5) is 4.39 Å². The van der Waals surface area contributed by atoms with Gasteiger partial charge in [-0.1, -0.05) is 11.6 Å². The number of hydrogen-bond donors (Lipinski definition) is 1. The molecule has 1 aromatic rings. The van der Waals surface area contributed by atoms with Crippen LogP contribution in [-0.2, 0) is 10.0 Å². The van der Waals surface area contributed by atoms with Crippen LogP contribution in [0, 0.1) is 12.7 Å². The van der Waals surface area contributed by atoms with E-state index in [1.807, 2.05) is 6.92 Å². The molecule has 0 spiro atoms. The van der Waals surface area contributed by atoms with Crippen molar-refractivity contribution in [2.75, 3.05) is 19.6 Å². The first-order chi connectivity index (χ1) is 8.84. The summed E-state index contributed by atoms with van der Waals surface area (Å²) < 4.78 is 39.9. The van der Waals surface area contributed by atoms with Crippen molar-refractivity contribution in [1.82, 2.24) is 9.62 Å². The molecule has 0 saturated carbocycles. The molecule has 1 atom stereocenters. The van der Waals surface area contributed by atoms with Crippen molar-refractivity contribution in [3.8, 4) is 0 Å². The topological polar surface area (TPSA) is 49.4 Å². The Morgan fingerprint density at radius 2 is 2.16 bits per heavy atom. The van der Waals surface area contributed by atoms with Gasteiger partial charge in [0.1, 0.15) is 10.7 Å². The lowest BCUT2D eigenvalue weighted by molar-refractivity contribution is 0.284. The van der Waals surface area contributed by atoms with Gasteiger partial charge in [-0.3, -0.25) is 0 Å².